The molecule has 1 amide bonds. The van der Waals surface area contributed by atoms with E-state index in [0.29, 0.717) is 28.0 Å². The van der Waals surface area contributed by atoms with E-state index in [-0.39, 0.29) is 29.4 Å². The van der Waals surface area contributed by atoms with E-state index >= 15 is 0 Å². The van der Waals surface area contributed by atoms with Crippen LogP contribution in [0.3, 0.4) is 0 Å². The number of rotatable bonds is 4. The maximum absolute atomic E-state index is 13.3. The number of nitrogens with zero attached hydrogens (tertiary/aromatic N) is 2. The summed E-state index contributed by atoms with van der Waals surface area (Å²) < 4.78 is 14.6. The molecule has 0 spiro atoms. The van der Waals surface area contributed by atoms with E-state index in [0.717, 1.165) is 11.1 Å². The molecule has 2 aromatic carbocycles. The zero-order valence-electron chi connectivity index (χ0n) is 18.5. The van der Waals surface area contributed by atoms with Crippen LogP contribution in [0.25, 0.3) is 12.5 Å². The Morgan fingerprint density at radius 1 is 1.12 bits per heavy atom. The Bertz CT molecular complexity index is 1440. The van der Waals surface area contributed by atoms with Crippen LogP contribution >= 0.6 is 0 Å². The Labute approximate surface area is 189 Å². The minimum atomic E-state index is -0.448. The Morgan fingerprint density at radius 2 is 1.79 bits per heavy atom. The van der Waals surface area contributed by atoms with Gasteiger partial charge in [-0.1, -0.05) is 12.6 Å². The summed E-state index contributed by atoms with van der Waals surface area (Å²) in [6.07, 6.45) is 0. The number of aryl methyl sites for hydroxylation is 3. The Morgan fingerprint density at radius 3 is 2.45 bits per heavy atom. The predicted molar refractivity (Wildman–Crippen MR) is 125 cm³/mol. The summed E-state index contributed by atoms with van der Waals surface area (Å²) in [4.78, 5) is 35.7. The molecule has 8 heteroatoms. The largest absolute Gasteiger partial charge is 0.359 e. The number of hydrogen-bond donors (Lipinski definition) is 2. The SMILES string of the molecule is C=c1cc(C)n(CC(=O)Nc2cc(C)cc(C)c2)c(=O)c1=C1N=C(c2ccc(F)cc2)NO1. The highest BCUT2D eigenvalue weighted by Gasteiger charge is 2.18. The van der Waals surface area contributed by atoms with Gasteiger partial charge in [0, 0.05) is 16.9 Å². The summed E-state index contributed by atoms with van der Waals surface area (Å²) in [7, 11) is 0. The van der Waals surface area contributed by atoms with Crippen molar-refractivity contribution in [2.24, 2.45) is 4.99 Å². The van der Waals surface area contributed by atoms with Crippen molar-refractivity contribution in [2.45, 2.75) is 27.3 Å². The quantitative estimate of drug-likeness (QED) is 0.642. The molecule has 0 fully saturated rings. The summed E-state index contributed by atoms with van der Waals surface area (Å²) in [5.41, 5.74) is 6.10. The van der Waals surface area contributed by atoms with Crippen molar-refractivity contribution >= 4 is 29.9 Å². The van der Waals surface area contributed by atoms with Crippen LogP contribution in [0.1, 0.15) is 22.4 Å². The highest BCUT2D eigenvalue weighted by molar-refractivity contribution is 6.01. The van der Waals surface area contributed by atoms with Crippen molar-refractivity contribution in [3.05, 3.63) is 97.5 Å². The summed E-state index contributed by atoms with van der Waals surface area (Å²) in [5, 5.41) is 3.40. The maximum atomic E-state index is 13.3. The van der Waals surface area contributed by atoms with Gasteiger partial charge in [0.05, 0.1) is 0 Å². The average molecular weight is 446 g/mol. The number of nitrogens with one attached hydrogen (secondary N) is 2. The lowest BCUT2D eigenvalue weighted by Crippen LogP contribution is -2.47. The van der Waals surface area contributed by atoms with Crippen LogP contribution in [-0.2, 0) is 16.2 Å². The molecule has 3 aromatic rings. The third-order valence-electron chi connectivity index (χ3n) is 5.19. The lowest BCUT2D eigenvalue weighted by Gasteiger charge is -2.12. The van der Waals surface area contributed by atoms with E-state index in [1.54, 1.807) is 25.1 Å². The molecule has 0 unspecified atom stereocenters. The van der Waals surface area contributed by atoms with Crippen LogP contribution < -0.4 is 26.8 Å². The summed E-state index contributed by atoms with van der Waals surface area (Å²) in [6, 6.07) is 13.1. The molecule has 0 bridgehead atoms. The van der Waals surface area contributed by atoms with Gasteiger partial charge in [0.15, 0.2) is 5.84 Å². The van der Waals surface area contributed by atoms with Crippen LogP contribution in [0.2, 0.25) is 0 Å². The number of pyridine rings is 1. The molecule has 168 valence electrons. The van der Waals surface area contributed by atoms with Crippen molar-refractivity contribution in [2.75, 3.05) is 5.32 Å². The lowest BCUT2D eigenvalue weighted by atomic mass is 10.1. The number of anilines is 1. The van der Waals surface area contributed by atoms with Gasteiger partial charge in [-0.3, -0.25) is 9.59 Å². The zero-order valence-corrected chi connectivity index (χ0v) is 18.5. The molecule has 2 heterocycles. The number of amides is 1. The van der Waals surface area contributed by atoms with E-state index in [1.807, 2.05) is 32.0 Å². The number of amidine groups is 1. The predicted octanol–water partition coefficient (Wildman–Crippen LogP) is 2.01. The molecule has 0 radical (unpaired) electrons. The van der Waals surface area contributed by atoms with Gasteiger partial charge < -0.3 is 14.7 Å². The second kappa shape index (κ2) is 8.74. The number of halogens is 1. The van der Waals surface area contributed by atoms with Gasteiger partial charge in [-0.05, 0) is 79.6 Å². The molecule has 1 aliphatic rings. The third-order valence-corrected chi connectivity index (χ3v) is 5.19. The number of carbonyl (C=O) groups is 1. The van der Waals surface area contributed by atoms with E-state index in [4.69, 9.17) is 4.84 Å². The lowest BCUT2D eigenvalue weighted by molar-refractivity contribution is -0.116. The van der Waals surface area contributed by atoms with E-state index in [1.165, 1.54) is 16.7 Å². The molecule has 1 aromatic heterocycles. The van der Waals surface area contributed by atoms with Crippen LogP contribution in [-0.4, -0.2) is 16.3 Å². The average Bonchev–Trinajstić information content (AvgIpc) is 3.20. The third kappa shape index (κ3) is 4.69. The molecule has 33 heavy (non-hydrogen) atoms. The highest BCUT2D eigenvalue weighted by Crippen LogP contribution is 2.14. The Kier molecular flexibility index (Phi) is 5.83. The Balaban J connectivity index is 1.69. The van der Waals surface area contributed by atoms with Gasteiger partial charge in [0.1, 0.15) is 17.6 Å². The molecular weight excluding hydrogens is 423 g/mol. The van der Waals surface area contributed by atoms with Gasteiger partial charge in [0.25, 0.3) is 11.4 Å². The van der Waals surface area contributed by atoms with Crippen molar-refractivity contribution in [3.8, 4) is 0 Å². The normalized spacial score (nSPS) is 14.4. The van der Waals surface area contributed by atoms with Gasteiger partial charge in [-0.2, -0.15) is 4.99 Å². The van der Waals surface area contributed by atoms with Crippen LogP contribution in [0.5, 0.6) is 0 Å². The molecule has 1 aliphatic heterocycles. The summed E-state index contributed by atoms with van der Waals surface area (Å²) in [5.74, 6) is -0.335. The van der Waals surface area contributed by atoms with Gasteiger partial charge in [-0.15, -0.1) is 0 Å². The topological polar surface area (TPSA) is 84.7 Å². The molecule has 7 nitrogen and oxygen atoms in total. The number of hydrogen-bond acceptors (Lipinski definition) is 5. The minimum absolute atomic E-state index is 0.0350. The molecule has 0 saturated heterocycles. The first-order chi connectivity index (χ1) is 15.7. The first-order valence-corrected chi connectivity index (χ1v) is 10.3. The maximum Gasteiger partial charge on any atom is 0.264 e. The highest BCUT2D eigenvalue weighted by atomic mass is 19.1. The fourth-order valence-electron chi connectivity index (χ4n) is 3.73. The number of carbonyl (C=O) groups excluding carboxylic acids is 1. The van der Waals surface area contributed by atoms with Crippen LogP contribution in [0, 0.1) is 26.6 Å². The van der Waals surface area contributed by atoms with Crippen molar-refractivity contribution < 1.29 is 14.0 Å². The molecule has 0 atom stereocenters. The minimum Gasteiger partial charge on any atom is -0.359 e. The number of aromatic nitrogens is 1. The van der Waals surface area contributed by atoms with E-state index in [9.17, 15) is 14.0 Å². The van der Waals surface area contributed by atoms with Crippen molar-refractivity contribution in [1.29, 1.82) is 0 Å². The van der Waals surface area contributed by atoms with Crippen molar-refractivity contribution in [3.63, 3.8) is 0 Å². The molecular formula is C25H23FN4O3. The van der Waals surface area contributed by atoms with Gasteiger partial charge in [-0.25, -0.2) is 9.87 Å². The molecule has 0 aliphatic carbocycles. The van der Waals surface area contributed by atoms with Crippen LogP contribution in [0.15, 0.2) is 58.3 Å². The standard InChI is InChI=1S/C25H23FN4O3/c1-14-9-15(2)11-20(10-14)27-21(31)13-30-17(4)12-16(3)22(25(30)32)24-28-23(29-33-24)18-5-7-19(26)8-6-18/h5-12H,3,13H2,1-2,4H3,(H,27,31)(H,28,29). The fraction of sp³-hybridized carbons (Fsp3) is 0.160. The summed E-state index contributed by atoms with van der Waals surface area (Å²) in [6.45, 7) is 9.39. The fourth-order valence-corrected chi connectivity index (χ4v) is 3.73. The summed E-state index contributed by atoms with van der Waals surface area (Å²) >= 11 is 0. The second-order valence-corrected chi connectivity index (χ2v) is 7.98. The Hall–Kier alpha value is -4.20. The number of aliphatic imine (C=N–C) groups is 1. The first kappa shape index (κ1) is 22.0. The zero-order chi connectivity index (χ0) is 23.7. The van der Waals surface area contributed by atoms with Crippen LogP contribution in [0.4, 0.5) is 10.1 Å². The molecule has 2 N–H and O–H groups in total. The molecule has 4 rings (SSSR count). The van der Waals surface area contributed by atoms with Gasteiger partial charge >= 0.3 is 0 Å². The smallest absolute Gasteiger partial charge is 0.264 e. The number of hydroxylamine groups is 1. The second-order valence-electron chi connectivity index (χ2n) is 7.98. The van der Waals surface area contributed by atoms with Crippen molar-refractivity contribution in [1.82, 2.24) is 10.0 Å². The molecule has 0 saturated carbocycles. The van der Waals surface area contributed by atoms with Gasteiger partial charge in [0.2, 0.25) is 5.91 Å². The first-order valence-electron chi connectivity index (χ1n) is 10.3. The monoisotopic (exact) mass is 446 g/mol. The van der Waals surface area contributed by atoms with E-state index in [2.05, 4.69) is 22.4 Å². The van der Waals surface area contributed by atoms with E-state index < -0.39 is 5.56 Å². The number of benzene rings is 2.